The van der Waals surface area contributed by atoms with Crippen LogP contribution in [0.15, 0.2) is 34.1 Å². The molecule has 0 unspecified atom stereocenters. The lowest BCUT2D eigenvalue weighted by Gasteiger charge is -2.20. The van der Waals surface area contributed by atoms with E-state index in [4.69, 9.17) is 21.1 Å². The van der Waals surface area contributed by atoms with Gasteiger partial charge in [0, 0.05) is 0 Å². The summed E-state index contributed by atoms with van der Waals surface area (Å²) in [5, 5.41) is 1.23. The van der Waals surface area contributed by atoms with E-state index >= 15 is 0 Å². The Hall–Kier alpha value is -1.02. The Morgan fingerprint density at radius 2 is 2.21 bits per heavy atom. The van der Waals surface area contributed by atoms with E-state index in [1.807, 2.05) is 0 Å². The first kappa shape index (κ1) is 9.53. The molecule has 0 aromatic rings. The van der Waals surface area contributed by atoms with E-state index in [2.05, 4.69) is 5.48 Å². The highest BCUT2D eigenvalue weighted by atomic mass is 35.5. The highest BCUT2D eigenvalue weighted by Gasteiger charge is 2.31. The summed E-state index contributed by atoms with van der Waals surface area (Å²) in [5.74, 6) is 0. The van der Waals surface area contributed by atoms with Gasteiger partial charge in [-0.05, 0) is 12.2 Å². The van der Waals surface area contributed by atoms with Crippen LogP contribution in [-0.2, 0) is 15.1 Å². The molecule has 2 aliphatic heterocycles. The summed E-state index contributed by atoms with van der Waals surface area (Å²) in [6.45, 7) is 0. The predicted octanol–water partition coefficient (Wildman–Crippen LogP) is 0.445. The Balaban J connectivity index is 2.54. The van der Waals surface area contributed by atoms with Crippen LogP contribution in [0.3, 0.4) is 0 Å². The SMILES string of the molecule is O=S(=O)(O)C1=CC=C(Cl)N2ONC=C12. The van der Waals surface area contributed by atoms with Gasteiger partial charge in [0.25, 0.3) is 10.1 Å². The highest BCUT2D eigenvalue weighted by Crippen LogP contribution is 2.31. The second-order valence-electron chi connectivity index (χ2n) is 2.53. The van der Waals surface area contributed by atoms with Crippen LogP contribution in [0.1, 0.15) is 0 Å². The second-order valence-corrected chi connectivity index (χ2v) is 4.31. The molecule has 0 atom stereocenters. The number of nitrogens with zero attached hydrogens (tertiary/aromatic N) is 1. The van der Waals surface area contributed by atoms with Crippen molar-refractivity contribution >= 4 is 21.7 Å². The Bertz CT molecular complexity index is 464. The maximum Gasteiger partial charge on any atom is 0.296 e. The minimum absolute atomic E-state index is 0.139. The van der Waals surface area contributed by atoms with Crippen molar-refractivity contribution in [2.45, 2.75) is 0 Å². The molecule has 2 heterocycles. The van der Waals surface area contributed by atoms with Crippen molar-refractivity contribution in [3.63, 3.8) is 0 Å². The van der Waals surface area contributed by atoms with E-state index in [1.54, 1.807) is 0 Å². The van der Waals surface area contributed by atoms with E-state index in [0.717, 1.165) is 5.06 Å². The van der Waals surface area contributed by atoms with E-state index in [9.17, 15) is 8.42 Å². The van der Waals surface area contributed by atoms with Gasteiger partial charge in [0.15, 0.2) is 0 Å². The molecule has 0 spiro atoms. The van der Waals surface area contributed by atoms with Crippen LogP contribution in [0.2, 0.25) is 0 Å². The molecule has 2 N–H and O–H groups in total. The van der Waals surface area contributed by atoms with E-state index < -0.39 is 10.1 Å². The average molecular weight is 237 g/mol. The number of fused-ring (bicyclic) bond motifs is 1. The number of hydrogen-bond donors (Lipinski definition) is 2. The summed E-state index contributed by atoms with van der Waals surface area (Å²) in [7, 11) is -4.28. The maximum absolute atomic E-state index is 10.9. The molecule has 0 saturated carbocycles. The first-order valence-corrected chi connectivity index (χ1v) is 5.30. The molecule has 14 heavy (non-hydrogen) atoms. The Morgan fingerprint density at radius 1 is 1.50 bits per heavy atom. The van der Waals surface area contributed by atoms with Gasteiger partial charge in [-0.15, -0.1) is 0 Å². The van der Waals surface area contributed by atoms with E-state index in [0.29, 0.717) is 0 Å². The molecule has 0 bridgehead atoms. The minimum Gasteiger partial charge on any atom is -0.282 e. The predicted molar refractivity (Wildman–Crippen MR) is 47.7 cm³/mol. The largest absolute Gasteiger partial charge is 0.296 e. The third-order valence-corrected chi connectivity index (χ3v) is 2.84. The summed E-state index contributed by atoms with van der Waals surface area (Å²) in [4.78, 5) is 4.50. The summed E-state index contributed by atoms with van der Waals surface area (Å²) in [5.41, 5.74) is 2.46. The Labute approximate surface area is 84.7 Å². The van der Waals surface area contributed by atoms with Gasteiger partial charge in [-0.1, -0.05) is 11.6 Å². The van der Waals surface area contributed by atoms with Crippen molar-refractivity contribution in [1.82, 2.24) is 10.5 Å². The van der Waals surface area contributed by atoms with Crippen molar-refractivity contribution in [3.05, 3.63) is 34.1 Å². The van der Waals surface area contributed by atoms with Gasteiger partial charge in [-0.3, -0.25) is 4.55 Å². The minimum atomic E-state index is -4.28. The lowest BCUT2D eigenvalue weighted by Crippen LogP contribution is -2.23. The van der Waals surface area contributed by atoms with Crippen molar-refractivity contribution in [1.29, 1.82) is 0 Å². The quantitative estimate of drug-likeness (QED) is 0.508. The normalized spacial score (nSPS) is 20.7. The fourth-order valence-corrected chi connectivity index (χ4v) is 1.92. The maximum atomic E-state index is 10.9. The molecular formula is C6H5ClN2O4S. The van der Waals surface area contributed by atoms with Gasteiger partial charge in [-0.2, -0.15) is 18.4 Å². The zero-order valence-corrected chi connectivity index (χ0v) is 8.21. The number of nitrogens with one attached hydrogen (secondary N) is 1. The van der Waals surface area contributed by atoms with Crippen molar-refractivity contribution < 1.29 is 17.9 Å². The van der Waals surface area contributed by atoms with Crippen LogP contribution in [-0.4, -0.2) is 18.0 Å². The molecule has 0 saturated heterocycles. The Morgan fingerprint density at radius 3 is 2.86 bits per heavy atom. The van der Waals surface area contributed by atoms with Gasteiger partial charge in [0.1, 0.15) is 15.8 Å². The van der Waals surface area contributed by atoms with Crippen LogP contribution in [0, 0.1) is 0 Å². The summed E-state index contributed by atoms with van der Waals surface area (Å²) >= 11 is 5.69. The second kappa shape index (κ2) is 2.99. The number of rotatable bonds is 1. The zero-order valence-electron chi connectivity index (χ0n) is 6.64. The number of halogens is 1. The molecule has 0 fully saturated rings. The molecule has 2 rings (SSSR count). The Kier molecular flexibility index (Phi) is 2.04. The molecular weight excluding hydrogens is 232 g/mol. The fourth-order valence-electron chi connectivity index (χ4n) is 1.09. The average Bonchev–Trinajstić information content (AvgIpc) is 2.50. The molecule has 76 valence electrons. The smallest absolute Gasteiger partial charge is 0.282 e. The van der Waals surface area contributed by atoms with Crippen LogP contribution in [0.4, 0.5) is 0 Å². The van der Waals surface area contributed by atoms with Crippen molar-refractivity contribution in [3.8, 4) is 0 Å². The number of hydrogen-bond acceptors (Lipinski definition) is 5. The summed E-state index contributed by atoms with van der Waals surface area (Å²) in [6, 6.07) is 0. The highest BCUT2D eigenvalue weighted by molar-refractivity contribution is 7.90. The van der Waals surface area contributed by atoms with Gasteiger partial charge in [0.2, 0.25) is 0 Å². The first-order valence-electron chi connectivity index (χ1n) is 3.48. The van der Waals surface area contributed by atoms with Crippen LogP contribution >= 0.6 is 11.6 Å². The zero-order chi connectivity index (χ0) is 10.3. The van der Waals surface area contributed by atoms with Gasteiger partial charge in [-0.25, -0.2) is 5.48 Å². The summed E-state index contributed by atoms with van der Waals surface area (Å²) in [6.07, 6.45) is 3.76. The fraction of sp³-hybridized carbons (Fsp3) is 0. The molecule has 0 aromatic carbocycles. The van der Waals surface area contributed by atoms with E-state index in [-0.39, 0.29) is 15.8 Å². The monoisotopic (exact) mass is 236 g/mol. The van der Waals surface area contributed by atoms with Crippen molar-refractivity contribution in [2.75, 3.05) is 0 Å². The van der Waals surface area contributed by atoms with Crippen molar-refractivity contribution in [2.24, 2.45) is 0 Å². The molecule has 2 aliphatic rings. The first-order chi connectivity index (χ1) is 6.50. The molecule has 6 nitrogen and oxygen atoms in total. The molecule has 0 amide bonds. The molecule has 8 heteroatoms. The number of allylic oxidation sites excluding steroid dienone is 2. The third-order valence-electron chi connectivity index (χ3n) is 1.66. The van der Waals surface area contributed by atoms with Crippen LogP contribution in [0.5, 0.6) is 0 Å². The summed E-state index contributed by atoms with van der Waals surface area (Å²) < 4.78 is 30.7. The van der Waals surface area contributed by atoms with E-state index in [1.165, 1.54) is 18.4 Å². The lowest BCUT2D eigenvalue weighted by molar-refractivity contribution is -0.117. The standard InChI is InChI=1S/C6H5ClN2O4S/c7-6-2-1-5(14(10,11)12)4-3-8-13-9(4)6/h1-3,8H,(H,10,11,12). The lowest BCUT2D eigenvalue weighted by atomic mass is 10.3. The molecule has 0 aliphatic carbocycles. The van der Waals surface area contributed by atoms with Gasteiger partial charge >= 0.3 is 0 Å². The molecule has 0 radical (unpaired) electrons. The third kappa shape index (κ3) is 1.40. The number of hydroxylamine groups is 3. The van der Waals surface area contributed by atoms with Crippen LogP contribution in [0.25, 0.3) is 0 Å². The molecule has 0 aromatic heterocycles. The van der Waals surface area contributed by atoms with Gasteiger partial charge in [0.05, 0.1) is 6.20 Å². The van der Waals surface area contributed by atoms with Gasteiger partial charge < -0.3 is 0 Å². The topological polar surface area (TPSA) is 78.9 Å². The van der Waals surface area contributed by atoms with Crippen LogP contribution < -0.4 is 5.48 Å².